The number of hydrogen-bond acceptors (Lipinski definition) is 5. The summed E-state index contributed by atoms with van der Waals surface area (Å²) in [4.78, 5) is 39.8. The first-order valence-corrected chi connectivity index (χ1v) is 11.5. The SMILES string of the molecule is CC(C)c1ccc([C@H](NC(=O)CN2C(=O)N[C@@](C)(c3ccc4c(c3)OCO4)C2=O)C(C)C)cc1. The first kappa shape index (κ1) is 23.6. The third-order valence-corrected chi connectivity index (χ3v) is 6.47. The Labute approximate surface area is 199 Å². The van der Waals surface area contributed by atoms with Crippen molar-refractivity contribution in [1.82, 2.24) is 15.5 Å². The van der Waals surface area contributed by atoms with Crippen LogP contribution >= 0.6 is 0 Å². The predicted molar refractivity (Wildman–Crippen MR) is 126 cm³/mol. The van der Waals surface area contributed by atoms with Crippen molar-refractivity contribution in [2.75, 3.05) is 13.3 Å². The third-order valence-electron chi connectivity index (χ3n) is 6.47. The fourth-order valence-electron chi connectivity index (χ4n) is 4.33. The number of imide groups is 1. The predicted octanol–water partition coefficient (Wildman–Crippen LogP) is 3.82. The Bertz CT molecular complexity index is 1110. The zero-order valence-corrected chi connectivity index (χ0v) is 20.2. The molecule has 2 aromatic carbocycles. The van der Waals surface area contributed by atoms with Gasteiger partial charge >= 0.3 is 6.03 Å². The maximum atomic E-state index is 13.3. The van der Waals surface area contributed by atoms with E-state index in [1.807, 2.05) is 26.0 Å². The molecule has 2 atom stereocenters. The molecule has 2 N–H and O–H groups in total. The molecule has 180 valence electrons. The summed E-state index contributed by atoms with van der Waals surface area (Å²) in [5, 5.41) is 5.73. The summed E-state index contributed by atoms with van der Waals surface area (Å²) in [6.07, 6.45) is 0. The number of fused-ring (bicyclic) bond motifs is 1. The van der Waals surface area contributed by atoms with Crippen LogP contribution in [-0.2, 0) is 15.1 Å². The summed E-state index contributed by atoms with van der Waals surface area (Å²) in [6.45, 7) is 9.67. The summed E-state index contributed by atoms with van der Waals surface area (Å²) in [5.74, 6) is 0.747. The minimum Gasteiger partial charge on any atom is -0.454 e. The van der Waals surface area contributed by atoms with E-state index in [-0.39, 0.29) is 25.3 Å². The average Bonchev–Trinajstić information content (AvgIpc) is 3.35. The highest BCUT2D eigenvalue weighted by Gasteiger charge is 2.50. The minimum atomic E-state index is -1.30. The molecule has 8 heteroatoms. The number of nitrogens with one attached hydrogen (secondary N) is 2. The van der Waals surface area contributed by atoms with Gasteiger partial charge in [-0.05, 0) is 47.6 Å². The number of nitrogens with zero attached hydrogens (tertiary/aromatic N) is 1. The van der Waals surface area contributed by atoms with Gasteiger partial charge in [-0.2, -0.15) is 0 Å². The fourth-order valence-corrected chi connectivity index (χ4v) is 4.33. The number of carbonyl (C=O) groups is 3. The summed E-state index contributed by atoms with van der Waals surface area (Å²) in [7, 11) is 0. The van der Waals surface area contributed by atoms with Gasteiger partial charge in [0.2, 0.25) is 12.7 Å². The van der Waals surface area contributed by atoms with Gasteiger partial charge in [0, 0.05) is 0 Å². The molecule has 1 fully saturated rings. The highest BCUT2D eigenvalue weighted by molar-refractivity contribution is 6.09. The Kier molecular flexibility index (Phi) is 6.25. The average molecular weight is 466 g/mol. The van der Waals surface area contributed by atoms with Crippen molar-refractivity contribution in [2.24, 2.45) is 5.92 Å². The smallest absolute Gasteiger partial charge is 0.325 e. The lowest BCUT2D eigenvalue weighted by Gasteiger charge is -2.25. The van der Waals surface area contributed by atoms with Crippen LogP contribution in [0.5, 0.6) is 11.5 Å². The second-order valence-corrected chi connectivity index (χ2v) is 9.63. The summed E-state index contributed by atoms with van der Waals surface area (Å²) in [6, 6.07) is 12.4. The summed E-state index contributed by atoms with van der Waals surface area (Å²) < 4.78 is 10.7. The van der Waals surface area contributed by atoms with Crippen LogP contribution in [0.2, 0.25) is 0 Å². The van der Waals surface area contributed by atoms with E-state index in [4.69, 9.17) is 9.47 Å². The molecule has 0 aliphatic carbocycles. The Morgan fingerprint density at radius 1 is 1.03 bits per heavy atom. The van der Waals surface area contributed by atoms with E-state index < -0.39 is 23.4 Å². The zero-order chi connectivity index (χ0) is 24.6. The van der Waals surface area contributed by atoms with Crippen LogP contribution in [-0.4, -0.2) is 36.1 Å². The molecule has 0 aromatic heterocycles. The normalized spacial score (nSPS) is 20.1. The molecule has 0 unspecified atom stereocenters. The molecule has 0 saturated carbocycles. The molecular formula is C26H31N3O5. The lowest BCUT2D eigenvalue weighted by molar-refractivity contribution is -0.135. The minimum absolute atomic E-state index is 0.110. The molecule has 0 radical (unpaired) electrons. The molecule has 8 nitrogen and oxygen atoms in total. The number of carbonyl (C=O) groups excluding carboxylic acids is 3. The van der Waals surface area contributed by atoms with Crippen molar-refractivity contribution < 1.29 is 23.9 Å². The number of ether oxygens (including phenoxy) is 2. The number of hydrogen-bond donors (Lipinski definition) is 2. The van der Waals surface area contributed by atoms with Gasteiger partial charge in [0.15, 0.2) is 11.5 Å². The fraction of sp³-hybridized carbons (Fsp3) is 0.423. The Morgan fingerprint density at radius 2 is 1.68 bits per heavy atom. The van der Waals surface area contributed by atoms with Crippen LogP contribution in [0.1, 0.15) is 63.3 Å². The standard InChI is InChI=1S/C26H31N3O5/c1-15(2)17-6-8-18(9-7-17)23(16(3)4)27-22(30)13-29-24(31)26(5,28-25(29)32)19-10-11-20-21(12-19)34-14-33-20/h6-12,15-16,23H,13-14H2,1-5H3,(H,27,30)(H,28,32)/t23-,26+/m1/s1. The lowest BCUT2D eigenvalue weighted by atomic mass is 9.91. The molecule has 0 bridgehead atoms. The maximum absolute atomic E-state index is 13.3. The van der Waals surface area contributed by atoms with E-state index in [1.54, 1.807) is 25.1 Å². The van der Waals surface area contributed by atoms with E-state index in [9.17, 15) is 14.4 Å². The van der Waals surface area contributed by atoms with Crippen molar-refractivity contribution in [3.05, 3.63) is 59.2 Å². The Balaban J connectivity index is 1.47. The Hall–Kier alpha value is -3.55. The molecule has 34 heavy (non-hydrogen) atoms. The maximum Gasteiger partial charge on any atom is 0.325 e. The largest absolute Gasteiger partial charge is 0.454 e. The second-order valence-electron chi connectivity index (χ2n) is 9.63. The molecule has 2 aliphatic heterocycles. The van der Waals surface area contributed by atoms with Gasteiger partial charge in [-0.25, -0.2) is 4.79 Å². The number of benzene rings is 2. The topological polar surface area (TPSA) is 97.0 Å². The molecule has 0 spiro atoms. The molecule has 4 rings (SSSR count). The van der Waals surface area contributed by atoms with Crippen LogP contribution in [0.25, 0.3) is 0 Å². The third kappa shape index (κ3) is 4.32. The highest BCUT2D eigenvalue weighted by atomic mass is 16.7. The van der Waals surface area contributed by atoms with Crippen molar-refractivity contribution in [3.8, 4) is 11.5 Å². The van der Waals surface area contributed by atoms with Gasteiger partial charge in [0.1, 0.15) is 12.1 Å². The summed E-state index contributed by atoms with van der Waals surface area (Å²) in [5.41, 5.74) is 1.46. The van der Waals surface area contributed by atoms with E-state index in [0.717, 1.165) is 10.5 Å². The van der Waals surface area contributed by atoms with Gasteiger partial charge in [0.05, 0.1) is 6.04 Å². The molecule has 4 amide bonds. The molecule has 2 aliphatic rings. The van der Waals surface area contributed by atoms with Crippen LogP contribution < -0.4 is 20.1 Å². The van der Waals surface area contributed by atoms with Crippen LogP contribution in [0.15, 0.2) is 42.5 Å². The van der Waals surface area contributed by atoms with Gasteiger partial charge < -0.3 is 20.1 Å². The van der Waals surface area contributed by atoms with Crippen LogP contribution in [0.4, 0.5) is 4.79 Å². The first-order valence-electron chi connectivity index (χ1n) is 11.5. The zero-order valence-electron chi connectivity index (χ0n) is 20.2. The Morgan fingerprint density at radius 3 is 2.32 bits per heavy atom. The quantitative estimate of drug-likeness (QED) is 0.606. The van der Waals surface area contributed by atoms with E-state index >= 15 is 0 Å². The molecular weight excluding hydrogens is 434 g/mol. The summed E-state index contributed by atoms with van der Waals surface area (Å²) >= 11 is 0. The monoisotopic (exact) mass is 465 g/mol. The van der Waals surface area contributed by atoms with Crippen molar-refractivity contribution in [3.63, 3.8) is 0 Å². The van der Waals surface area contributed by atoms with E-state index in [1.165, 1.54) is 5.56 Å². The van der Waals surface area contributed by atoms with E-state index in [2.05, 4.69) is 36.6 Å². The van der Waals surface area contributed by atoms with E-state index in [0.29, 0.717) is 23.0 Å². The highest BCUT2D eigenvalue weighted by Crippen LogP contribution is 2.37. The number of amides is 4. The van der Waals surface area contributed by atoms with Crippen LogP contribution in [0, 0.1) is 5.92 Å². The second kappa shape index (κ2) is 9.00. The first-order chi connectivity index (χ1) is 16.1. The van der Waals surface area contributed by atoms with Crippen molar-refractivity contribution in [2.45, 2.75) is 52.1 Å². The van der Waals surface area contributed by atoms with Gasteiger partial charge in [-0.1, -0.05) is 58.0 Å². The van der Waals surface area contributed by atoms with Crippen LogP contribution in [0.3, 0.4) is 0 Å². The number of rotatable bonds is 7. The molecule has 2 heterocycles. The van der Waals surface area contributed by atoms with Gasteiger partial charge in [-0.3, -0.25) is 14.5 Å². The van der Waals surface area contributed by atoms with Gasteiger partial charge in [0.25, 0.3) is 5.91 Å². The molecule has 1 saturated heterocycles. The van der Waals surface area contributed by atoms with Crippen molar-refractivity contribution >= 4 is 17.8 Å². The molecule has 2 aromatic rings. The van der Waals surface area contributed by atoms with Gasteiger partial charge in [-0.15, -0.1) is 0 Å². The lowest BCUT2D eigenvalue weighted by Crippen LogP contribution is -2.44. The number of urea groups is 1. The van der Waals surface area contributed by atoms with Crippen molar-refractivity contribution in [1.29, 1.82) is 0 Å².